The van der Waals surface area contributed by atoms with E-state index in [2.05, 4.69) is 40.4 Å². The summed E-state index contributed by atoms with van der Waals surface area (Å²) in [6, 6.07) is 5.05. The van der Waals surface area contributed by atoms with Crippen LogP contribution in [0.15, 0.2) is 22.7 Å². The van der Waals surface area contributed by atoms with Gasteiger partial charge in [-0.3, -0.25) is 0 Å². The van der Waals surface area contributed by atoms with Crippen LogP contribution in [-0.4, -0.2) is 25.7 Å². The lowest BCUT2D eigenvalue weighted by molar-refractivity contribution is 0.377. The van der Waals surface area contributed by atoms with Crippen LogP contribution in [0.3, 0.4) is 0 Å². The molecule has 2 nitrogen and oxygen atoms in total. The Hall–Kier alpha value is -0.450. The lowest BCUT2D eigenvalue weighted by atomic mass is 10.0. The van der Waals surface area contributed by atoms with E-state index in [0.717, 1.165) is 23.1 Å². The predicted molar refractivity (Wildman–Crippen MR) is 73.8 cm³/mol. The second kappa shape index (κ2) is 6.47. The average molecular weight is 303 g/mol. The van der Waals surface area contributed by atoms with Crippen LogP contribution in [0.2, 0.25) is 0 Å². The number of rotatable bonds is 6. The molecule has 4 heteroatoms. The Balaban J connectivity index is 2.48. The fourth-order valence-corrected chi connectivity index (χ4v) is 2.18. The van der Waals surface area contributed by atoms with Crippen molar-refractivity contribution in [2.45, 2.75) is 25.8 Å². The van der Waals surface area contributed by atoms with Crippen molar-refractivity contribution >= 4 is 15.9 Å². The molecule has 1 rings (SSSR count). The summed E-state index contributed by atoms with van der Waals surface area (Å²) in [6.07, 6.45) is 0.693. The largest absolute Gasteiger partial charge is 0.318 e. The van der Waals surface area contributed by atoms with Gasteiger partial charge in [0.2, 0.25) is 0 Å². The maximum absolute atomic E-state index is 13.5. The normalized spacial score (nSPS) is 11.8. The third-order valence-electron chi connectivity index (χ3n) is 2.62. The van der Waals surface area contributed by atoms with Crippen LogP contribution >= 0.6 is 15.9 Å². The summed E-state index contributed by atoms with van der Waals surface area (Å²) in [6.45, 7) is 5.90. The van der Waals surface area contributed by atoms with Crippen molar-refractivity contribution in [3.8, 4) is 0 Å². The molecule has 0 heterocycles. The molecule has 0 unspecified atom stereocenters. The van der Waals surface area contributed by atoms with Gasteiger partial charge in [0.15, 0.2) is 0 Å². The maximum Gasteiger partial charge on any atom is 0.126 e. The minimum absolute atomic E-state index is 0.0250. The van der Waals surface area contributed by atoms with Crippen LogP contribution in [0.5, 0.6) is 0 Å². The number of halogens is 2. The lowest BCUT2D eigenvalue weighted by Gasteiger charge is -2.26. The van der Waals surface area contributed by atoms with Gasteiger partial charge in [0.1, 0.15) is 5.82 Å². The maximum atomic E-state index is 13.5. The van der Waals surface area contributed by atoms with E-state index < -0.39 is 0 Å². The summed E-state index contributed by atoms with van der Waals surface area (Å²) in [5, 5.41) is 6.54. The Morgan fingerprint density at radius 2 is 2.06 bits per heavy atom. The molecule has 0 bridgehead atoms. The Morgan fingerprint density at radius 1 is 1.35 bits per heavy atom. The highest BCUT2D eigenvalue weighted by molar-refractivity contribution is 9.10. The molecule has 0 aliphatic rings. The minimum Gasteiger partial charge on any atom is -0.318 e. The standard InChI is InChI=1S/C13H20BrFN2/c1-13(2,9-16-3)17-7-6-10-8-11(14)4-5-12(10)15/h4-5,8,16-17H,6-7,9H2,1-3H3. The van der Waals surface area contributed by atoms with E-state index in [9.17, 15) is 4.39 Å². The van der Waals surface area contributed by atoms with Gasteiger partial charge >= 0.3 is 0 Å². The smallest absolute Gasteiger partial charge is 0.126 e. The first-order valence-electron chi connectivity index (χ1n) is 5.78. The molecule has 0 saturated heterocycles. The molecule has 1 aromatic carbocycles. The second-order valence-electron chi connectivity index (χ2n) is 4.83. The molecule has 17 heavy (non-hydrogen) atoms. The van der Waals surface area contributed by atoms with Gasteiger partial charge in [0.25, 0.3) is 0 Å². The van der Waals surface area contributed by atoms with Crippen molar-refractivity contribution in [1.29, 1.82) is 0 Å². The van der Waals surface area contributed by atoms with E-state index in [1.165, 1.54) is 6.07 Å². The van der Waals surface area contributed by atoms with Gasteiger partial charge in [-0.1, -0.05) is 15.9 Å². The van der Waals surface area contributed by atoms with Crippen LogP contribution < -0.4 is 10.6 Å². The van der Waals surface area contributed by atoms with E-state index in [1.54, 1.807) is 6.07 Å². The van der Waals surface area contributed by atoms with E-state index in [0.29, 0.717) is 6.42 Å². The molecule has 0 amide bonds. The molecule has 1 aromatic rings. The third-order valence-corrected chi connectivity index (χ3v) is 3.12. The van der Waals surface area contributed by atoms with Crippen molar-refractivity contribution < 1.29 is 4.39 Å². The monoisotopic (exact) mass is 302 g/mol. The van der Waals surface area contributed by atoms with Crippen molar-refractivity contribution in [2.24, 2.45) is 0 Å². The first kappa shape index (κ1) is 14.6. The molecule has 0 atom stereocenters. The van der Waals surface area contributed by atoms with Crippen LogP contribution in [0.1, 0.15) is 19.4 Å². The lowest BCUT2D eigenvalue weighted by Crippen LogP contribution is -2.47. The van der Waals surface area contributed by atoms with Gasteiger partial charge in [-0.05, 0) is 57.6 Å². The molecule has 0 saturated carbocycles. The second-order valence-corrected chi connectivity index (χ2v) is 5.74. The van der Waals surface area contributed by atoms with E-state index in [-0.39, 0.29) is 11.4 Å². The van der Waals surface area contributed by atoms with Gasteiger partial charge in [-0.2, -0.15) is 0 Å². The topological polar surface area (TPSA) is 24.1 Å². The summed E-state index contributed by atoms with van der Waals surface area (Å²) in [7, 11) is 1.93. The van der Waals surface area contributed by atoms with Crippen molar-refractivity contribution in [2.75, 3.05) is 20.1 Å². The summed E-state index contributed by atoms with van der Waals surface area (Å²) in [5.74, 6) is -0.138. The molecule has 0 aliphatic carbocycles. The van der Waals surface area contributed by atoms with E-state index in [1.807, 2.05) is 13.1 Å². The van der Waals surface area contributed by atoms with Crippen molar-refractivity contribution in [3.63, 3.8) is 0 Å². The van der Waals surface area contributed by atoms with Crippen molar-refractivity contribution in [3.05, 3.63) is 34.1 Å². The molecule has 96 valence electrons. The summed E-state index contributed by atoms with van der Waals surface area (Å²) in [5.41, 5.74) is 0.768. The number of hydrogen-bond donors (Lipinski definition) is 2. The van der Waals surface area contributed by atoms with Gasteiger partial charge in [0, 0.05) is 16.6 Å². The molecule has 2 N–H and O–H groups in total. The van der Waals surface area contributed by atoms with Gasteiger partial charge in [0.05, 0.1) is 0 Å². The molecule has 0 radical (unpaired) electrons. The average Bonchev–Trinajstić information content (AvgIpc) is 2.23. The molecule has 0 fully saturated rings. The van der Waals surface area contributed by atoms with Crippen LogP contribution in [0, 0.1) is 5.82 Å². The first-order valence-corrected chi connectivity index (χ1v) is 6.57. The van der Waals surface area contributed by atoms with Gasteiger partial charge < -0.3 is 10.6 Å². The van der Waals surface area contributed by atoms with Crippen LogP contribution in [0.4, 0.5) is 4.39 Å². The first-order chi connectivity index (χ1) is 7.94. The highest BCUT2D eigenvalue weighted by atomic mass is 79.9. The Morgan fingerprint density at radius 3 is 2.71 bits per heavy atom. The van der Waals surface area contributed by atoms with E-state index in [4.69, 9.17) is 0 Å². The summed E-state index contributed by atoms with van der Waals surface area (Å²) < 4.78 is 14.4. The highest BCUT2D eigenvalue weighted by Gasteiger charge is 2.15. The molecule has 0 aliphatic heterocycles. The van der Waals surface area contributed by atoms with Crippen LogP contribution in [-0.2, 0) is 6.42 Å². The number of benzene rings is 1. The third kappa shape index (κ3) is 5.15. The Bertz CT molecular complexity index is 366. The molecule has 0 aromatic heterocycles. The zero-order chi connectivity index (χ0) is 12.9. The highest BCUT2D eigenvalue weighted by Crippen LogP contribution is 2.15. The fourth-order valence-electron chi connectivity index (χ4n) is 1.77. The van der Waals surface area contributed by atoms with E-state index >= 15 is 0 Å². The zero-order valence-corrected chi connectivity index (χ0v) is 12.2. The number of hydrogen-bond acceptors (Lipinski definition) is 2. The quantitative estimate of drug-likeness (QED) is 0.844. The zero-order valence-electron chi connectivity index (χ0n) is 10.6. The predicted octanol–water partition coefficient (Wildman–Crippen LogP) is 2.72. The molecular weight excluding hydrogens is 283 g/mol. The molecule has 0 spiro atoms. The minimum atomic E-state index is -0.138. The Kier molecular flexibility index (Phi) is 5.56. The van der Waals surface area contributed by atoms with Crippen LogP contribution in [0.25, 0.3) is 0 Å². The number of likely N-dealkylation sites (N-methyl/N-ethyl adjacent to an activating group) is 1. The summed E-state index contributed by atoms with van der Waals surface area (Å²) in [4.78, 5) is 0. The Labute approximate surface area is 111 Å². The SMILES string of the molecule is CNCC(C)(C)NCCc1cc(Br)ccc1F. The summed E-state index contributed by atoms with van der Waals surface area (Å²) >= 11 is 3.36. The number of nitrogens with one attached hydrogen (secondary N) is 2. The van der Waals surface area contributed by atoms with Gasteiger partial charge in [-0.25, -0.2) is 4.39 Å². The molecular formula is C13H20BrFN2. The van der Waals surface area contributed by atoms with Crippen molar-refractivity contribution in [1.82, 2.24) is 10.6 Å². The fraction of sp³-hybridized carbons (Fsp3) is 0.538. The van der Waals surface area contributed by atoms with Gasteiger partial charge in [-0.15, -0.1) is 0 Å².